The number of ether oxygens (including phenoxy) is 4. The Morgan fingerprint density at radius 3 is 2.85 bits per heavy atom. The first-order chi connectivity index (χ1) is 9.52. The van der Waals surface area contributed by atoms with E-state index in [4.69, 9.17) is 25.4 Å². The number of terminal acetylenes is 1. The van der Waals surface area contributed by atoms with Crippen LogP contribution in [0.2, 0.25) is 0 Å². The largest absolute Gasteiger partial charge is 0.486 e. The molecule has 1 N–H and O–H groups in total. The normalized spacial score (nSPS) is 43.5. The Bertz CT molecular complexity index is 487. The summed E-state index contributed by atoms with van der Waals surface area (Å²) in [6, 6.07) is 0. The van der Waals surface area contributed by atoms with Gasteiger partial charge in [0.15, 0.2) is 24.3 Å². The van der Waals surface area contributed by atoms with Crippen LogP contribution in [-0.4, -0.2) is 41.6 Å². The van der Waals surface area contributed by atoms with Crippen LogP contribution in [0.15, 0.2) is 24.0 Å². The van der Waals surface area contributed by atoms with Gasteiger partial charge in [0.05, 0.1) is 0 Å². The first-order valence-corrected chi connectivity index (χ1v) is 6.69. The molecule has 0 amide bonds. The second kappa shape index (κ2) is 4.90. The molecule has 3 fully saturated rings. The fourth-order valence-electron chi connectivity index (χ4n) is 2.77. The van der Waals surface area contributed by atoms with Gasteiger partial charge in [0.25, 0.3) is 0 Å². The maximum atomic E-state index is 10.2. The Morgan fingerprint density at radius 2 is 2.10 bits per heavy atom. The smallest absolute Gasteiger partial charge is 0.191 e. The lowest BCUT2D eigenvalue weighted by Gasteiger charge is -2.21. The Kier molecular flexibility index (Phi) is 3.35. The van der Waals surface area contributed by atoms with E-state index >= 15 is 0 Å². The highest BCUT2D eigenvalue weighted by molar-refractivity contribution is 5.18. The van der Waals surface area contributed by atoms with Gasteiger partial charge in [-0.1, -0.05) is 12.0 Å². The monoisotopic (exact) mass is 278 g/mol. The van der Waals surface area contributed by atoms with Crippen molar-refractivity contribution in [2.24, 2.45) is 0 Å². The topological polar surface area (TPSA) is 57.2 Å². The molecule has 3 rings (SSSR count). The zero-order valence-corrected chi connectivity index (χ0v) is 11.5. The summed E-state index contributed by atoms with van der Waals surface area (Å²) in [7, 11) is 0. The Balaban J connectivity index is 1.69. The molecule has 0 spiro atoms. The lowest BCUT2D eigenvalue weighted by Crippen LogP contribution is -2.35. The molecule has 0 unspecified atom stereocenters. The summed E-state index contributed by atoms with van der Waals surface area (Å²) < 4.78 is 22.9. The van der Waals surface area contributed by atoms with E-state index in [9.17, 15) is 5.11 Å². The third kappa shape index (κ3) is 2.25. The van der Waals surface area contributed by atoms with Crippen LogP contribution >= 0.6 is 0 Å². The zero-order valence-electron chi connectivity index (χ0n) is 11.5. The molecule has 20 heavy (non-hydrogen) atoms. The van der Waals surface area contributed by atoms with Crippen molar-refractivity contribution in [3.8, 4) is 12.3 Å². The van der Waals surface area contributed by atoms with E-state index in [1.54, 1.807) is 12.2 Å². The third-order valence-electron chi connectivity index (χ3n) is 3.57. The predicted octanol–water partition coefficient (Wildman–Crippen LogP) is 1.09. The highest BCUT2D eigenvalue weighted by atomic mass is 16.8. The van der Waals surface area contributed by atoms with E-state index in [0.29, 0.717) is 12.2 Å². The lowest BCUT2D eigenvalue weighted by atomic mass is 10.1. The van der Waals surface area contributed by atoms with Gasteiger partial charge in [-0.2, -0.15) is 0 Å². The van der Waals surface area contributed by atoms with Gasteiger partial charge in [-0.3, -0.25) is 0 Å². The fourth-order valence-corrected chi connectivity index (χ4v) is 2.77. The average molecular weight is 278 g/mol. The number of rotatable bonds is 2. The standard InChI is InChI=1S/C15H18O5/c1-4-5-6-7-8-9-10(16)11-12(17-9)13-14(18-11)20-15(2,3)19-13/h1,5-6,8,10-14,16H,7H2,2-3H3/b6-5+,9-8-/t10-,11-,12+,13-,14-/m1/s1. The highest BCUT2D eigenvalue weighted by Crippen LogP contribution is 2.44. The van der Waals surface area contributed by atoms with Gasteiger partial charge in [-0.05, 0) is 32.4 Å². The van der Waals surface area contributed by atoms with Crippen molar-refractivity contribution in [1.29, 1.82) is 0 Å². The number of hydrogen-bond acceptors (Lipinski definition) is 5. The van der Waals surface area contributed by atoms with Gasteiger partial charge in [0.1, 0.15) is 18.0 Å². The van der Waals surface area contributed by atoms with Crippen LogP contribution in [-0.2, 0) is 18.9 Å². The highest BCUT2D eigenvalue weighted by Gasteiger charge is 2.61. The molecule has 3 aliphatic rings. The Hall–Kier alpha value is -1.32. The van der Waals surface area contributed by atoms with E-state index in [2.05, 4.69) is 5.92 Å². The van der Waals surface area contributed by atoms with Crippen molar-refractivity contribution >= 4 is 0 Å². The molecule has 0 radical (unpaired) electrons. The minimum absolute atomic E-state index is 0.309. The van der Waals surface area contributed by atoms with Gasteiger partial charge < -0.3 is 24.1 Å². The summed E-state index contributed by atoms with van der Waals surface area (Å²) in [4.78, 5) is 0. The molecule has 3 aliphatic heterocycles. The van der Waals surface area contributed by atoms with E-state index in [1.807, 2.05) is 19.9 Å². The van der Waals surface area contributed by atoms with Crippen LogP contribution in [0.3, 0.4) is 0 Å². The van der Waals surface area contributed by atoms with Gasteiger partial charge in [0, 0.05) is 0 Å². The molecule has 0 saturated carbocycles. The Labute approximate surface area is 118 Å². The van der Waals surface area contributed by atoms with Crippen molar-refractivity contribution in [2.75, 3.05) is 0 Å². The summed E-state index contributed by atoms with van der Waals surface area (Å²) >= 11 is 0. The molecule has 0 bridgehead atoms. The molecule has 0 aromatic heterocycles. The second-order valence-corrected chi connectivity index (χ2v) is 5.51. The van der Waals surface area contributed by atoms with E-state index < -0.39 is 24.3 Å². The minimum atomic E-state index is -0.792. The number of aliphatic hydroxyl groups excluding tert-OH is 1. The minimum Gasteiger partial charge on any atom is -0.486 e. The Morgan fingerprint density at radius 1 is 1.30 bits per heavy atom. The van der Waals surface area contributed by atoms with Crippen LogP contribution in [0, 0.1) is 12.3 Å². The number of hydrogen-bond donors (Lipinski definition) is 1. The summed E-state index contributed by atoms with van der Waals surface area (Å²) in [5.74, 6) is 2.23. The molecule has 0 aromatic carbocycles. The molecule has 5 heteroatoms. The van der Waals surface area contributed by atoms with Crippen molar-refractivity contribution in [2.45, 2.75) is 56.8 Å². The first-order valence-electron chi connectivity index (χ1n) is 6.69. The summed E-state index contributed by atoms with van der Waals surface area (Å²) in [6.07, 6.45) is 8.61. The third-order valence-corrected chi connectivity index (χ3v) is 3.57. The first kappa shape index (κ1) is 13.7. The maximum absolute atomic E-state index is 10.2. The number of aliphatic hydroxyl groups is 1. The van der Waals surface area contributed by atoms with Crippen molar-refractivity contribution in [3.63, 3.8) is 0 Å². The molecule has 0 aliphatic carbocycles. The van der Waals surface area contributed by atoms with Gasteiger partial charge in [-0.15, -0.1) is 6.42 Å². The number of allylic oxidation sites excluding steroid dienone is 3. The van der Waals surface area contributed by atoms with Crippen LogP contribution in [0.1, 0.15) is 20.3 Å². The van der Waals surface area contributed by atoms with Gasteiger partial charge in [-0.25, -0.2) is 0 Å². The van der Waals surface area contributed by atoms with Crippen molar-refractivity contribution in [3.05, 3.63) is 24.0 Å². The fraction of sp³-hybridized carbons (Fsp3) is 0.600. The van der Waals surface area contributed by atoms with Gasteiger partial charge >= 0.3 is 0 Å². The van der Waals surface area contributed by atoms with Gasteiger partial charge in [0.2, 0.25) is 0 Å². The summed E-state index contributed by atoms with van der Waals surface area (Å²) in [5.41, 5.74) is 0. The quantitative estimate of drug-likeness (QED) is 0.766. The van der Waals surface area contributed by atoms with Crippen LogP contribution in [0.25, 0.3) is 0 Å². The molecular weight excluding hydrogens is 260 g/mol. The molecule has 108 valence electrons. The molecule has 0 aromatic rings. The molecule has 5 atom stereocenters. The van der Waals surface area contributed by atoms with E-state index in [0.717, 1.165) is 0 Å². The van der Waals surface area contributed by atoms with E-state index in [-0.39, 0.29) is 12.2 Å². The molecule has 3 saturated heterocycles. The second-order valence-electron chi connectivity index (χ2n) is 5.51. The van der Waals surface area contributed by atoms with Crippen molar-refractivity contribution in [1.82, 2.24) is 0 Å². The van der Waals surface area contributed by atoms with Crippen LogP contribution in [0.5, 0.6) is 0 Å². The summed E-state index contributed by atoms with van der Waals surface area (Å²) in [6.45, 7) is 3.66. The SMILES string of the molecule is C#C/C=C/C/C=C1\O[C@@H]2[C@H]3OC(C)(C)O[C@H]3O[C@@H]2[C@@H]1O. The molecule has 3 heterocycles. The van der Waals surface area contributed by atoms with E-state index in [1.165, 1.54) is 0 Å². The predicted molar refractivity (Wildman–Crippen MR) is 70.3 cm³/mol. The molecule has 5 nitrogen and oxygen atoms in total. The van der Waals surface area contributed by atoms with Crippen molar-refractivity contribution < 1.29 is 24.1 Å². The maximum Gasteiger partial charge on any atom is 0.191 e. The zero-order chi connectivity index (χ0) is 14.3. The molecular formula is C15H18O5. The average Bonchev–Trinajstić information content (AvgIpc) is 2.95. The van der Waals surface area contributed by atoms with Crippen LogP contribution in [0.4, 0.5) is 0 Å². The van der Waals surface area contributed by atoms with Crippen LogP contribution < -0.4 is 0 Å². The lowest BCUT2D eigenvalue weighted by molar-refractivity contribution is -0.214. The number of fused-ring (bicyclic) bond motifs is 3. The summed E-state index contributed by atoms with van der Waals surface area (Å²) in [5, 5.41) is 10.2.